The Labute approximate surface area is 153 Å². The first kappa shape index (κ1) is 17.5. The van der Waals surface area contributed by atoms with Crippen molar-refractivity contribution in [3.8, 4) is 16.5 Å². The lowest BCUT2D eigenvalue weighted by molar-refractivity contribution is -0.115. The van der Waals surface area contributed by atoms with Crippen molar-refractivity contribution >= 4 is 34.7 Å². The summed E-state index contributed by atoms with van der Waals surface area (Å²) in [6.07, 6.45) is 0. The maximum atomic E-state index is 12.3. The minimum Gasteiger partial charge on any atom is -0.494 e. The highest BCUT2D eigenvalue weighted by Crippen LogP contribution is 2.29. The van der Waals surface area contributed by atoms with Crippen molar-refractivity contribution in [2.45, 2.75) is 24.3 Å². The summed E-state index contributed by atoms with van der Waals surface area (Å²) in [6.45, 7) is 4.33. The SMILES string of the molecule is CCOc1ccc(NC(=O)[C@H](C)Sc2nnc(-c3cccs3)o2)cc1. The van der Waals surface area contributed by atoms with Gasteiger partial charge in [-0.1, -0.05) is 17.8 Å². The topological polar surface area (TPSA) is 77.2 Å². The van der Waals surface area contributed by atoms with Crippen LogP contribution < -0.4 is 10.1 Å². The molecule has 0 radical (unpaired) electrons. The molecule has 0 spiro atoms. The Hall–Kier alpha value is -2.32. The van der Waals surface area contributed by atoms with Gasteiger partial charge < -0.3 is 14.5 Å². The number of thiophene rings is 1. The van der Waals surface area contributed by atoms with Crippen LogP contribution in [0.4, 0.5) is 5.69 Å². The lowest BCUT2D eigenvalue weighted by Crippen LogP contribution is -2.22. The molecule has 2 aromatic heterocycles. The van der Waals surface area contributed by atoms with E-state index < -0.39 is 0 Å². The molecule has 0 aliphatic carbocycles. The van der Waals surface area contributed by atoms with Crippen LogP contribution in [0.25, 0.3) is 10.8 Å². The van der Waals surface area contributed by atoms with Gasteiger partial charge in [0, 0.05) is 5.69 Å². The highest BCUT2D eigenvalue weighted by molar-refractivity contribution is 8.00. The highest BCUT2D eigenvalue weighted by atomic mass is 32.2. The summed E-state index contributed by atoms with van der Waals surface area (Å²) >= 11 is 2.75. The summed E-state index contributed by atoms with van der Waals surface area (Å²) in [4.78, 5) is 13.2. The molecule has 1 N–H and O–H groups in total. The predicted octanol–water partition coefficient (Wildman–Crippen LogP) is 4.32. The fourth-order valence-corrected chi connectivity index (χ4v) is 3.33. The van der Waals surface area contributed by atoms with Gasteiger partial charge in [0.2, 0.25) is 5.91 Å². The van der Waals surface area contributed by atoms with Crippen molar-refractivity contribution in [1.82, 2.24) is 10.2 Å². The van der Waals surface area contributed by atoms with Gasteiger partial charge in [0.15, 0.2) is 0 Å². The van der Waals surface area contributed by atoms with E-state index in [2.05, 4.69) is 15.5 Å². The standard InChI is InChI=1S/C17H17N3O3S2/c1-3-22-13-8-6-12(7-9-13)18-15(21)11(2)25-17-20-19-16(23-17)14-5-4-10-24-14/h4-11H,3H2,1-2H3,(H,18,21)/t11-/m0/s1. The fourth-order valence-electron chi connectivity index (χ4n) is 2.01. The molecule has 0 aliphatic rings. The Kier molecular flexibility index (Phi) is 5.72. The van der Waals surface area contributed by atoms with Crippen LogP contribution in [0.2, 0.25) is 0 Å². The predicted molar refractivity (Wildman–Crippen MR) is 99.2 cm³/mol. The zero-order valence-corrected chi connectivity index (χ0v) is 15.4. The minimum atomic E-state index is -0.372. The Balaban J connectivity index is 1.57. The molecule has 2 heterocycles. The summed E-state index contributed by atoms with van der Waals surface area (Å²) in [5.41, 5.74) is 0.714. The van der Waals surface area contributed by atoms with Crippen molar-refractivity contribution in [2.75, 3.05) is 11.9 Å². The lowest BCUT2D eigenvalue weighted by Gasteiger charge is -2.10. The molecule has 0 saturated carbocycles. The van der Waals surface area contributed by atoms with Crippen LogP contribution in [0.1, 0.15) is 13.8 Å². The average molecular weight is 375 g/mol. The van der Waals surface area contributed by atoms with E-state index in [-0.39, 0.29) is 11.2 Å². The third-order valence-corrected chi connectivity index (χ3v) is 5.01. The van der Waals surface area contributed by atoms with Crippen molar-refractivity contribution in [1.29, 1.82) is 0 Å². The van der Waals surface area contributed by atoms with E-state index in [1.165, 1.54) is 23.1 Å². The molecule has 8 heteroatoms. The molecule has 130 valence electrons. The smallest absolute Gasteiger partial charge is 0.277 e. The van der Waals surface area contributed by atoms with Gasteiger partial charge >= 0.3 is 0 Å². The summed E-state index contributed by atoms with van der Waals surface area (Å²) in [5.74, 6) is 1.11. The number of nitrogens with zero attached hydrogens (tertiary/aromatic N) is 2. The van der Waals surface area contributed by atoms with Crippen LogP contribution in [-0.2, 0) is 4.79 Å². The second kappa shape index (κ2) is 8.17. The van der Waals surface area contributed by atoms with Crippen LogP contribution in [0, 0.1) is 0 Å². The normalized spacial score (nSPS) is 11.9. The highest BCUT2D eigenvalue weighted by Gasteiger charge is 2.19. The van der Waals surface area contributed by atoms with Crippen molar-refractivity contribution in [3.63, 3.8) is 0 Å². The molecule has 3 aromatic rings. The maximum Gasteiger partial charge on any atom is 0.277 e. The number of hydrogen-bond acceptors (Lipinski definition) is 7. The Morgan fingerprint density at radius 1 is 1.32 bits per heavy atom. The van der Waals surface area contributed by atoms with Gasteiger partial charge in [-0.15, -0.1) is 21.5 Å². The van der Waals surface area contributed by atoms with E-state index in [4.69, 9.17) is 9.15 Å². The van der Waals surface area contributed by atoms with E-state index in [1.54, 1.807) is 6.92 Å². The van der Waals surface area contributed by atoms with E-state index in [1.807, 2.05) is 48.7 Å². The second-order valence-corrected chi connectivity index (χ2v) is 7.30. The number of anilines is 1. The first-order chi connectivity index (χ1) is 12.2. The summed E-state index contributed by atoms with van der Waals surface area (Å²) < 4.78 is 11.0. The monoisotopic (exact) mass is 375 g/mol. The molecule has 0 aliphatic heterocycles. The summed E-state index contributed by atoms with van der Waals surface area (Å²) in [7, 11) is 0. The van der Waals surface area contributed by atoms with Crippen molar-refractivity contribution < 1.29 is 13.9 Å². The van der Waals surface area contributed by atoms with Gasteiger partial charge in [-0.3, -0.25) is 4.79 Å². The average Bonchev–Trinajstić information content (AvgIpc) is 3.28. The Morgan fingerprint density at radius 2 is 2.12 bits per heavy atom. The zero-order chi connectivity index (χ0) is 17.6. The lowest BCUT2D eigenvalue weighted by atomic mass is 10.3. The zero-order valence-electron chi connectivity index (χ0n) is 13.8. The van der Waals surface area contributed by atoms with Crippen LogP contribution >= 0.6 is 23.1 Å². The van der Waals surface area contributed by atoms with Gasteiger partial charge in [-0.05, 0) is 49.6 Å². The minimum absolute atomic E-state index is 0.134. The quantitative estimate of drug-likeness (QED) is 0.620. The fraction of sp³-hybridized carbons (Fsp3) is 0.235. The Bertz CT molecular complexity index is 816. The third-order valence-electron chi connectivity index (χ3n) is 3.22. The molecule has 0 unspecified atom stereocenters. The number of carbonyl (C=O) groups excluding carboxylic acids is 1. The largest absolute Gasteiger partial charge is 0.494 e. The molecule has 1 amide bonds. The number of hydrogen-bond donors (Lipinski definition) is 1. The van der Waals surface area contributed by atoms with Crippen molar-refractivity contribution in [3.05, 3.63) is 41.8 Å². The first-order valence-electron chi connectivity index (χ1n) is 7.73. The number of carbonyl (C=O) groups is 1. The molecule has 6 nitrogen and oxygen atoms in total. The van der Waals surface area contributed by atoms with E-state index in [0.29, 0.717) is 23.4 Å². The van der Waals surface area contributed by atoms with Gasteiger partial charge in [0.05, 0.1) is 16.7 Å². The number of nitrogens with one attached hydrogen (secondary N) is 1. The van der Waals surface area contributed by atoms with Crippen LogP contribution in [-0.4, -0.2) is 28.0 Å². The van der Waals surface area contributed by atoms with Gasteiger partial charge in [-0.2, -0.15) is 0 Å². The molecule has 3 rings (SSSR count). The van der Waals surface area contributed by atoms with E-state index >= 15 is 0 Å². The van der Waals surface area contributed by atoms with Crippen LogP contribution in [0.15, 0.2) is 51.4 Å². The van der Waals surface area contributed by atoms with Gasteiger partial charge in [-0.25, -0.2) is 0 Å². The van der Waals surface area contributed by atoms with Gasteiger partial charge in [0.25, 0.3) is 11.1 Å². The molecule has 25 heavy (non-hydrogen) atoms. The van der Waals surface area contributed by atoms with E-state index in [9.17, 15) is 4.79 Å². The van der Waals surface area contributed by atoms with E-state index in [0.717, 1.165) is 10.6 Å². The molecule has 0 fully saturated rings. The number of rotatable bonds is 7. The molecule has 1 aromatic carbocycles. The molecular weight excluding hydrogens is 358 g/mol. The molecule has 0 saturated heterocycles. The number of benzene rings is 1. The van der Waals surface area contributed by atoms with Crippen LogP contribution in [0.3, 0.4) is 0 Å². The number of aromatic nitrogens is 2. The molecule has 1 atom stereocenters. The maximum absolute atomic E-state index is 12.3. The third kappa shape index (κ3) is 4.61. The summed E-state index contributed by atoms with van der Waals surface area (Å²) in [6, 6.07) is 11.1. The second-order valence-electron chi connectivity index (χ2n) is 5.06. The Morgan fingerprint density at radius 3 is 2.80 bits per heavy atom. The molecule has 0 bridgehead atoms. The number of thioether (sulfide) groups is 1. The van der Waals surface area contributed by atoms with Crippen molar-refractivity contribution in [2.24, 2.45) is 0 Å². The number of ether oxygens (including phenoxy) is 1. The molecular formula is C17H17N3O3S2. The first-order valence-corrected chi connectivity index (χ1v) is 9.49. The van der Waals surface area contributed by atoms with Gasteiger partial charge in [0.1, 0.15) is 5.75 Å². The summed E-state index contributed by atoms with van der Waals surface area (Å²) in [5, 5.41) is 12.8. The number of amides is 1. The van der Waals surface area contributed by atoms with Crippen LogP contribution in [0.5, 0.6) is 5.75 Å².